The number of hydrogen-bond acceptors (Lipinski definition) is 5. The van der Waals surface area contributed by atoms with Crippen LogP contribution in [0.25, 0.3) is 10.9 Å². The number of aryl methyl sites for hydroxylation is 1. The molecule has 2 N–H and O–H groups in total. The van der Waals surface area contributed by atoms with Crippen molar-refractivity contribution in [2.24, 2.45) is 0 Å². The number of amides is 2. The van der Waals surface area contributed by atoms with Crippen LogP contribution in [-0.2, 0) is 0 Å². The Morgan fingerprint density at radius 2 is 1.68 bits per heavy atom. The highest BCUT2D eigenvalue weighted by molar-refractivity contribution is 5.93. The van der Waals surface area contributed by atoms with Crippen LogP contribution in [0.2, 0.25) is 0 Å². The summed E-state index contributed by atoms with van der Waals surface area (Å²) >= 11 is 0. The molecule has 31 heavy (non-hydrogen) atoms. The number of rotatable bonds is 5. The number of piperidine rings is 1. The minimum Gasteiger partial charge on any atom is -0.497 e. The number of carbonyl (C=O) groups is 1. The van der Waals surface area contributed by atoms with E-state index in [0.29, 0.717) is 0 Å². The monoisotopic (exact) mass is 420 g/mol. The molecule has 3 aromatic rings. The Morgan fingerprint density at radius 3 is 2.35 bits per heavy atom. The van der Waals surface area contributed by atoms with Gasteiger partial charge in [-0.05, 0) is 68.3 Å². The summed E-state index contributed by atoms with van der Waals surface area (Å²) in [4.78, 5) is 19.4. The molecular weight excluding hydrogens is 392 g/mol. The lowest BCUT2D eigenvalue weighted by Crippen LogP contribution is -2.46. The van der Waals surface area contributed by atoms with E-state index < -0.39 is 0 Å². The van der Waals surface area contributed by atoms with Crippen LogP contribution >= 0.6 is 0 Å². The van der Waals surface area contributed by atoms with Gasteiger partial charge in [-0.1, -0.05) is 0 Å². The topological polar surface area (TPSA) is 75.7 Å². The van der Waals surface area contributed by atoms with Crippen molar-refractivity contribution in [2.75, 3.05) is 37.5 Å². The minimum absolute atomic E-state index is 0.137. The van der Waals surface area contributed by atoms with E-state index in [1.54, 1.807) is 14.2 Å². The fraction of sp³-hybridized carbons (Fsp3) is 0.333. The van der Waals surface area contributed by atoms with Crippen LogP contribution in [0.3, 0.4) is 0 Å². The van der Waals surface area contributed by atoms with Crippen LogP contribution in [0.5, 0.6) is 11.5 Å². The summed E-state index contributed by atoms with van der Waals surface area (Å²) in [5, 5.41) is 7.07. The number of methoxy groups -OCH3 is 2. The van der Waals surface area contributed by atoms with Crippen LogP contribution < -0.4 is 25.0 Å². The van der Waals surface area contributed by atoms with E-state index >= 15 is 0 Å². The zero-order valence-electron chi connectivity index (χ0n) is 18.1. The fourth-order valence-electron chi connectivity index (χ4n) is 4.00. The maximum Gasteiger partial charge on any atom is 0.319 e. The van der Waals surface area contributed by atoms with Gasteiger partial charge >= 0.3 is 6.03 Å². The zero-order chi connectivity index (χ0) is 21.8. The molecule has 1 aromatic heterocycles. The minimum atomic E-state index is -0.182. The Balaban J connectivity index is 1.39. The number of anilines is 2. The second-order valence-corrected chi connectivity index (χ2v) is 7.75. The molecule has 0 unspecified atom stereocenters. The first-order chi connectivity index (χ1) is 15.1. The third-order valence-corrected chi connectivity index (χ3v) is 5.64. The number of ether oxygens (including phenoxy) is 2. The second-order valence-electron chi connectivity index (χ2n) is 7.75. The molecule has 7 heteroatoms. The average Bonchev–Trinajstić information content (AvgIpc) is 2.79. The van der Waals surface area contributed by atoms with Gasteiger partial charge in [-0.3, -0.25) is 4.98 Å². The van der Waals surface area contributed by atoms with Crippen molar-refractivity contribution in [1.82, 2.24) is 10.3 Å². The number of carbonyl (C=O) groups excluding carboxylic acids is 1. The molecule has 2 amide bonds. The van der Waals surface area contributed by atoms with Gasteiger partial charge in [0.25, 0.3) is 0 Å². The number of benzene rings is 2. The fourth-order valence-corrected chi connectivity index (χ4v) is 4.00. The molecule has 0 spiro atoms. The quantitative estimate of drug-likeness (QED) is 0.642. The molecular formula is C24H28N4O3. The molecule has 1 aliphatic rings. The van der Waals surface area contributed by atoms with E-state index in [-0.39, 0.29) is 12.1 Å². The molecule has 162 valence electrons. The number of fused-ring (bicyclic) bond motifs is 1. The summed E-state index contributed by atoms with van der Waals surface area (Å²) in [7, 11) is 3.30. The molecule has 0 radical (unpaired) electrons. The number of aromatic nitrogens is 1. The molecule has 1 saturated heterocycles. The van der Waals surface area contributed by atoms with Crippen molar-refractivity contribution in [2.45, 2.75) is 25.8 Å². The first kappa shape index (κ1) is 20.8. The number of urea groups is 1. The van der Waals surface area contributed by atoms with E-state index in [9.17, 15) is 4.79 Å². The predicted molar refractivity (Wildman–Crippen MR) is 123 cm³/mol. The summed E-state index contributed by atoms with van der Waals surface area (Å²) in [6.45, 7) is 3.75. The molecule has 7 nitrogen and oxygen atoms in total. The van der Waals surface area contributed by atoms with Gasteiger partial charge in [0.2, 0.25) is 0 Å². The molecule has 1 fully saturated rings. The summed E-state index contributed by atoms with van der Waals surface area (Å²) < 4.78 is 10.6. The lowest BCUT2D eigenvalue weighted by molar-refractivity contribution is 0.246. The largest absolute Gasteiger partial charge is 0.497 e. The van der Waals surface area contributed by atoms with E-state index in [2.05, 4.69) is 26.6 Å². The van der Waals surface area contributed by atoms with Gasteiger partial charge < -0.3 is 25.0 Å². The Morgan fingerprint density at radius 1 is 1.00 bits per heavy atom. The van der Waals surface area contributed by atoms with Crippen molar-refractivity contribution < 1.29 is 14.3 Å². The first-order valence-corrected chi connectivity index (χ1v) is 10.5. The molecule has 0 saturated carbocycles. The van der Waals surface area contributed by atoms with E-state index in [1.165, 1.54) is 5.69 Å². The first-order valence-electron chi connectivity index (χ1n) is 10.5. The Labute approximate surface area is 182 Å². The molecule has 0 atom stereocenters. The van der Waals surface area contributed by atoms with E-state index in [4.69, 9.17) is 9.47 Å². The van der Waals surface area contributed by atoms with Crippen LogP contribution in [-0.4, -0.2) is 44.4 Å². The molecule has 0 bridgehead atoms. The predicted octanol–water partition coefficient (Wildman–Crippen LogP) is 4.35. The molecule has 2 aromatic carbocycles. The van der Waals surface area contributed by atoms with Gasteiger partial charge in [-0.25, -0.2) is 4.79 Å². The summed E-state index contributed by atoms with van der Waals surface area (Å²) in [5.74, 6) is 1.58. The highest BCUT2D eigenvalue weighted by Gasteiger charge is 2.22. The average molecular weight is 421 g/mol. The Bertz CT molecular complexity index is 1060. The normalized spacial score (nSPS) is 14.4. The number of hydrogen-bond donors (Lipinski definition) is 2. The van der Waals surface area contributed by atoms with Gasteiger partial charge in [0.05, 0.1) is 19.7 Å². The molecule has 1 aliphatic heterocycles. The van der Waals surface area contributed by atoms with E-state index in [1.807, 2.05) is 49.4 Å². The smallest absolute Gasteiger partial charge is 0.319 e. The van der Waals surface area contributed by atoms with Gasteiger partial charge in [-0.2, -0.15) is 0 Å². The van der Waals surface area contributed by atoms with Crippen molar-refractivity contribution in [3.8, 4) is 11.5 Å². The van der Waals surface area contributed by atoms with Gasteiger partial charge in [0, 0.05) is 41.6 Å². The second kappa shape index (κ2) is 9.12. The van der Waals surface area contributed by atoms with Crippen molar-refractivity contribution >= 4 is 28.3 Å². The molecule has 2 heterocycles. The number of nitrogens with one attached hydrogen (secondary N) is 2. The summed E-state index contributed by atoms with van der Waals surface area (Å²) in [5.41, 5.74) is 3.87. The number of pyridine rings is 1. The van der Waals surface area contributed by atoms with Crippen molar-refractivity contribution in [3.63, 3.8) is 0 Å². The van der Waals surface area contributed by atoms with Gasteiger partial charge in [0.1, 0.15) is 11.5 Å². The zero-order valence-corrected chi connectivity index (χ0v) is 18.1. The van der Waals surface area contributed by atoms with E-state index in [0.717, 1.165) is 59.7 Å². The summed E-state index contributed by atoms with van der Waals surface area (Å²) in [6, 6.07) is 15.4. The van der Waals surface area contributed by atoms with Crippen molar-refractivity contribution in [1.29, 1.82) is 0 Å². The third-order valence-electron chi connectivity index (χ3n) is 5.64. The maximum atomic E-state index is 12.4. The standard InChI is InChI=1S/C24H28N4O3/c1-16-14-23(21-15-20(31-3)8-9-22(21)25-16)28-12-10-18(11-13-28)27-24(29)26-17-4-6-19(30-2)7-5-17/h4-9,14-15,18H,10-13H2,1-3H3,(H2,26,27,29). The lowest BCUT2D eigenvalue weighted by atomic mass is 10.0. The van der Waals surface area contributed by atoms with Gasteiger partial charge in [0.15, 0.2) is 0 Å². The van der Waals surface area contributed by atoms with Crippen molar-refractivity contribution in [3.05, 3.63) is 54.2 Å². The van der Waals surface area contributed by atoms with Crippen LogP contribution in [0, 0.1) is 6.92 Å². The molecule has 4 rings (SSSR count). The summed E-state index contributed by atoms with van der Waals surface area (Å²) in [6.07, 6.45) is 1.76. The lowest BCUT2D eigenvalue weighted by Gasteiger charge is -2.34. The third kappa shape index (κ3) is 4.82. The maximum absolute atomic E-state index is 12.4. The molecule has 0 aliphatic carbocycles. The Hall–Kier alpha value is -3.48. The van der Waals surface area contributed by atoms with Crippen LogP contribution in [0.1, 0.15) is 18.5 Å². The Kier molecular flexibility index (Phi) is 6.11. The van der Waals surface area contributed by atoms with Crippen LogP contribution in [0.4, 0.5) is 16.2 Å². The highest BCUT2D eigenvalue weighted by atomic mass is 16.5. The SMILES string of the molecule is COc1ccc(NC(=O)NC2CCN(c3cc(C)nc4ccc(OC)cc34)CC2)cc1. The van der Waals surface area contributed by atoms with Crippen LogP contribution in [0.15, 0.2) is 48.5 Å². The van der Waals surface area contributed by atoms with Gasteiger partial charge in [-0.15, -0.1) is 0 Å². The number of nitrogens with zero attached hydrogens (tertiary/aromatic N) is 2. The highest BCUT2D eigenvalue weighted by Crippen LogP contribution is 2.31.